The Morgan fingerprint density at radius 1 is 1.47 bits per heavy atom. The first kappa shape index (κ1) is 14.0. The normalized spacial score (nSPS) is 15.9. The maximum Gasteiger partial charge on any atom is 0.390 e. The van der Waals surface area contributed by atoms with Crippen LogP contribution in [0.4, 0.5) is 13.2 Å². The van der Waals surface area contributed by atoms with Crippen LogP contribution in [0.5, 0.6) is 0 Å². The van der Waals surface area contributed by atoms with Crippen molar-refractivity contribution in [3.8, 4) is 0 Å². The molecule has 17 heavy (non-hydrogen) atoms. The molecule has 2 unspecified atom stereocenters. The van der Waals surface area contributed by atoms with Crippen molar-refractivity contribution in [2.45, 2.75) is 51.4 Å². The Morgan fingerprint density at radius 2 is 2.12 bits per heavy atom. The predicted molar refractivity (Wildman–Crippen MR) is 59.6 cm³/mol. The van der Waals surface area contributed by atoms with E-state index in [4.69, 9.17) is 5.73 Å². The van der Waals surface area contributed by atoms with E-state index >= 15 is 0 Å². The Morgan fingerprint density at radius 3 is 2.65 bits per heavy atom. The topological polar surface area (TPSA) is 43.8 Å². The lowest BCUT2D eigenvalue weighted by atomic mass is 10.1. The van der Waals surface area contributed by atoms with Crippen LogP contribution in [-0.4, -0.2) is 22.0 Å². The van der Waals surface area contributed by atoms with Crippen LogP contribution in [-0.2, 0) is 6.42 Å². The molecule has 98 valence electrons. The van der Waals surface area contributed by atoms with Crippen LogP contribution in [0, 0.1) is 0 Å². The highest BCUT2D eigenvalue weighted by molar-refractivity contribution is 5.02. The predicted octanol–water partition coefficient (Wildman–Crippen LogP) is 2.68. The smallest absolute Gasteiger partial charge is 0.327 e. The van der Waals surface area contributed by atoms with E-state index in [0.29, 0.717) is 5.69 Å². The highest BCUT2D eigenvalue weighted by atomic mass is 19.4. The Labute approximate surface area is 98.8 Å². The SMILES string of the molecule is CCC(C)n1ccc(CC(N)CC(F)(F)F)n1. The molecule has 0 fully saturated rings. The van der Waals surface area contributed by atoms with Crippen LogP contribution in [0.25, 0.3) is 0 Å². The second kappa shape index (κ2) is 5.53. The summed E-state index contributed by atoms with van der Waals surface area (Å²) in [5, 5.41) is 4.22. The van der Waals surface area contributed by atoms with E-state index in [1.165, 1.54) is 0 Å². The Balaban J connectivity index is 2.54. The first-order valence-electron chi connectivity index (χ1n) is 5.68. The van der Waals surface area contributed by atoms with Crippen LogP contribution in [0.2, 0.25) is 0 Å². The van der Waals surface area contributed by atoms with Crippen molar-refractivity contribution in [2.75, 3.05) is 0 Å². The number of hydrogen-bond donors (Lipinski definition) is 1. The van der Waals surface area contributed by atoms with E-state index in [1.54, 1.807) is 16.9 Å². The van der Waals surface area contributed by atoms with Gasteiger partial charge in [0.05, 0.1) is 12.1 Å². The van der Waals surface area contributed by atoms with Gasteiger partial charge in [-0.2, -0.15) is 18.3 Å². The Hall–Kier alpha value is -1.04. The zero-order valence-corrected chi connectivity index (χ0v) is 10.0. The molecule has 0 aromatic carbocycles. The second-order valence-corrected chi connectivity index (χ2v) is 4.33. The summed E-state index contributed by atoms with van der Waals surface area (Å²) in [6, 6.07) is 1.06. The van der Waals surface area contributed by atoms with Gasteiger partial charge in [0.25, 0.3) is 0 Å². The molecule has 1 rings (SSSR count). The number of aromatic nitrogens is 2. The van der Waals surface area contributed by atoms with Gasteiger partial charge >= 0.3 is 6.18 Å². The number of rotatable bonds is 5. The van der Waals surface area contributed by atoms with Crippen molar-refractivity contribution in [1.29, 1.82) is 0 Å². The van der Waals surface area contributed by atoms with Gasteiger partial charge in [0.15, 0.2) is 0 Å². The molecule has 0 aliphatic heterocycles. The van der Waals surface area contributed by atoms with Crippen molar-refractivity contribution in [3.05, 3.63) is 18.0 Å². The molecule has 3 nitrogen and oxygen atoms in total. The molecule has 0 radical (unpaired) electrons. The fraction of sp³-hybridized carbons (Fsp3) is 0.727. The highest BCUT2D eigenvalue weighted by Gasteiger charge is 2.30. The van der Waals surface area contributed by atoms with E-state index in [0.717, 1.165) is 6.42 Å². The molecule has 1 heterocycles. The van der Waals surface area contributed by atoms with Crippen molar-refractivity contribution < 1.29 is 13.2 Å². The van der Waals surface area contributed by atoms with Gasteiger partial charge in [-0.3, -0.25) is 4.68 Å². The van der Waals surface area contributed by atoms with E-state index in [9.17, 15) is 13.2 Å². The average Bonchev–Trinajstić information content (AvgIpc) is 2.62. The maximum absolute atomic E-state index is 12.1. The molecule has 6 heteroatoms. The van der Waals surface area contributed by atoms with E-state index in [1.807, 2.05) is 13.8 Å². The van der Waals surface area contributed by atoms with Gasteiger partial charge < -0.3 is 5.73 Å². The van der Waals surface area contributed by atoms with Crippen LogP contribution in [0.15, 0.2) is 12.3 Å². The van der Waals surface area contributed by atoms with Gasteiger partial charge in [0, 0.05) is 24.7 Å². The minimum Gasteiger partial charge on any atom is -0.327 e. The molecule has 1 aromatic heterocycles. The summed E-state index contributed by atoms with van der Waals surface area (Å²) in [5.74, 6) is 0. The summed E-state index contributed by atoms with van der Waals surface area (Å²) < 4.78 is 38.0. The van der Waals surface area contributed by atoms with Crippen LogP contribution in [0.3, 0.4) is 0 Å². The average molecular weight is 249 g/mol. The molecule has 0 saturated heterocycles. The van der Waals surface area contributed by atoms with Crippen LogP contribution >= 0.6 is 0 Å². The lowest BCUT2D eigenvalue weighted by molar-refractivity contribution is -0.138. The molecule has 1 aromatic rings. The van der Waals surface area contributed by atoms with Crippen LogP contribution in [0.1, 0.15) is 38.4 Å². The number of hydrogen-bond acceptors (Lipinski definition) is 2. The summed E-state index contributed by atoms with van der Waals surface area (Å²) in [6.45, 7) is 4.04. The largest absolute Gasteiger partial charge is 0.390 e. The van der Waals surface area contributed by atoms with Crippen molar-refractivity contribution >= 4 is 0 Å². The first-order chi connectivity index (χ1) is 7.81. The molecular weight excluding hydrogens is 231 g/mol. The monoisotopic (exact) mass is 249 g/mol. The van der Waals surface area contributed by atoms with E-state index in [-0.39, 0.29) is 12.5 Å². The third-order valence-corrected chi connectivity index (χ3v) is 2.67. The zero-order chi connectivity index (χ0) is 13.1. The maximum atomic E-state index is 12.1. The van der Waals surface area contributed by atoms with Gasteiger partial charge in [0.1, 0.15) is 0 Å². The molecule has 2 N–H and O–H groups in total. The summed E-state index contributed by atoms with van der Waals surface area (Å²) in [6.07, 6.45) is -2.32. The molecule has 0 aliphatic rings. The van der Waals surface area contributed by atoms with Gasteiger partial charge in [0.2, 0.25) is 0 Å². The minimum absolute atomic E-state index is 0.156. The quantitative estimate of drug-likeness (QED) is 0.871. The third kappa shape index (κ3) is 4.77. The summed E-state index contributed by atoms with van der Waals surface area (Å²) >= 11 is 0. The summed E-state index contributed by atoms with van der Waals surface area (Å²) in [4.78, 5) is 0. The number of alkyl halides is 3. The number of halogens is 3. The summed E-state index contributed by atoms with van der Waals surface area (Å²) in [5.41, 5.74) is 6.05. The molecule has 0 aliphatic carbocycles. The molecule has 0 spiro atoms. The van der Waals surface area contributed by atoms with Crippen molar-refractivity contribution in [3.63, 3.8) is 0 Å². The second-order valence-electron chi connectivity index (χ2n) is 4.33. The standard InChI is InChI=1S/C11H18F3N3/c1-3-8(2)17-5-4-10(16-17)6-9(15)7-11(12,13)14/h4-5,8-9H,3,6-7,15H2,1-2H3. The minimum atomic E-state index is -4.21. The van der Waals surface area contributed by atoms with Crippen molar-refractivity contribution in [2.24, 2.45) is 5.73 Å². The van der Waals surface area contributed by atoms with E-state index in [2.05, 4.69) is 5.10 Å². The van der Waals surface area contributed by atoms with E-state index < -0.39 is 18.6 Å². The third-order valence-electron chi connectivity index (χ3n) is 2.67. The van der Waals surface area contributed by atoms with Gasteiger partial charge in [-0.1, -0.05) is 6.92 Å². The van der Waals surface area contributed by atoms with Gasteiger partial charge in [-0.25, -0.2) is 0 Å². The Kier molecular flexibility index (Phi) is 4.56. The van der Waals surface area contributed by atoms with Gasteiger partial charge in [-0.05, 0) is 19.4 Å². The number of nitrogens with zero attached hydrogens (tertiary/aromatic N) is 2. The summed E-state index contributed by atoms with van der Waals surface area (Å²) in [7, 11) is 0. The van der Waals surface area contributed by atoms with Gasteiger partial charge in [-0.15, -0.1) is 0 Å². The molecule has 0 bridgehead atoms. The lowest BCUT2D eigenvalue weighted by Gasteiger charge is -2.13. The zero-order valence-electron chi connectivity index (χ0n) is 10.0. The van der Waals surface area contributed by atoms with Crippen LogP contribution < -0.4 is 5.73 Å². The molecule has 0 amide bonds. The fourth-order valence-corrected chi connectivity index (χ4v) is 1.56. The lowest BCUT2D eigenvalue weighted by Crippen LogP contribution is -2.29. The van der Waals surface area contributed by atoms with Crippen molar-refractivity contribution in [1.82, 2.24) is 9.78 Å². The highest BCUT2D eigenvalue weighted by Crippen LogP contribution is 2.22. The molecular formula is C11H18F3N3. The first-order valence-corrected chi connectivity index (χ1v) is 5.68. The number of nitrogens with two attached hydrogens (primary N) is 1. The Bertz CT molecular complexity index is 346. The molecule has 2 atom stereocenters. The molecule has 0 saturated carbocycles. The fourth-order valence-electron chi connectivity index (χ4n) is 1.56.